The van der Waals surface area contributed by atoms with Crippen LogP contribution in [-0.2, 0) is 4.43 Å². The normalized spacial score (nSPS) is 21.1. The van der Waals surface area contributed by atoms with E-state index in [1.807, 2.05) is 6.07 Å². The Morgan fingerprint density at radius 2 is 2.06 bits per heavy atom. The number of rotatable bonds is 3. The molecule has 0 saturated carbocycles. The van der Waals surface area contributed by atoms with E-state index >= 15 is 0 Å². The van der Waals surface area contributed by atoms with E-state index in [-0.39, 0.29) is 6.10 Å². The van der Waals surface area contributed by atoms with Crippen LogP contribution in [0.2, 0.25) is 6.04 Å². The van der Waals surface area contributed by atoms with Crippen LogP contribution in [0.1, 0.15) is 26.7 Å². The first-order valence-electron chi connectivity index (χ1n) is 6.14. The molecular formula is C13H20O2Si. The predicted octanol–water partition coefficient (Wildman–Crippen LogP) is 2.21. The number of benzene rings is 1. The Morgan fingerprint density at radius 3 is 2.75 bits per heavy atom. The molecule has 1 fully saturated rings. The van der Waals surface area contributed by atoms with Gasteiger partial charge in [-0.05, 0) is 32.4 Å². The van der Waals surface area contributed by atoms with Gasteiger partial charge in [0.25, 0.3) is 0 Å². The Balaban J connectivity index is 2.17. The Labute approximate surface area is 99.3 Å². The second kappa shape index (κ2) is 5.50. The third-order valence-electron chi connectivity index (χ3n) is 2.81. The summed E-state index contributed by atoms with van der Waals surface area (Å²) in [5.41, 5.74) is 0. The second-order valence-corrected chi connectivity index (χ2v) is 7.07. The summed E-state index contributed by atoms with van der Waals surface area (Å²) in [5, 5.41) is 1.34. The lowest BCUT2D eigenvalue weighted by Gasteiger charge is -2.24. The van der Waals surface area contributed by atoms with Gasteiger partial charge < -0.3 is 9.16 Å². The molecule has 0 spiro atoms. The highest BCUT2D eigenvalue weighted by Gasteiger charge is 2.22. The molecule has 1 aromatic rings. The van der Waals surface area contributed by atoms with Crippen molar-refractivity contribution in [2.45, 2.75) is 38.8 Å². The van der Waals surface area contributed by atoms with E-state index in [4.69, 9.17) is 9.16 Å². The molecule has 0 amide bonds. The first-order valence-corrected chi connectivity index (χ1v) is 8.01. The molecule has 1 unspecified atom stereocenters. The molecule has 2 nitrogen and oxygen atoms in total. The standard InChI is InChI=1S/C13H20O2Si/c1-11(2)15-12-7-3-4-8-13(12)16-10-6-5-9-14-16/h3-4,7-8,11,16H,5-6,9-10H2,1-2H3. The van der Waals surface area contributed by atoms with Crippen LogP contribution in [0.3, 0.4) is 0 Å². The molecule has 1 aromatic carbocycles. The summed E-state index contributed by atoms with van der Waals surface area (Å²) in [4.78, 5) is 0. The van der Waals surface area contributed by atoms with Crippen LogP contribution >= 0.6 is 0 Å². The second-order valence-electron chi connectivity index (χ2n) is 4.56. The van der Waals surface area contributed by atoms with E-state index in [0.29, 0.717) is 0 Å². The Morgan fingerprint density at radius 1 is 1.25 bits per heavy atom. The van der Waals surface area contributed by atoms with E-state index in [1.54, 1.807) is 0 Å². The summed E-state index contributed by atoms with van der Waals surface area (Å²) in [6.45, 7) is 5.08. The molecule has 1 atom stereocenters. The molecule has 1 heterocycles. The number of ether oxygens (including phenoxy) is 1. The topological polar surface area (TPSA) is 18.5 Å². The van der Waals surface area contributed by atoms with Gasteiger partial charge >= 0.3 is 0 Å². The monoisotopic (exact) mass is 236 g/mol. The van der Waals surface area contributed by atoms with Gasteiger partial charge in [-0.25, -0.2) is 0 Å². The molecular weight excluding hydrogens is 216 g/mol. The lowest BCUT2D eigenvalue weighted by molar-refractivity contribution is 0.242. The molecule has 2 rings (SSSR count). The van der Waals surface area contributed by atoms with E-state index in [9.17, 15) is 0 Å². The highest BCUT2D eigenvalue weighted by atomic mass is 28.3. The van der Waals surface area contributed by atoms with Crippen molar-refractivity contribution in [3.8, 4) is 5.75 Å². The average molecular weight is 236 g/mol. The summed E-state index contributed by atoms with van der Waals surface area (Å²) in [7, 11) is -1.21. The fraction of sp³-hybridized carbons (Fsp3) is 0.538. The summed E-state index contributed by atoms with van der Waals surface area (Å²) >= 11 is 0. The van der Waals surface area contributed by atoms with E-state index < -0.39 is 9.04 Å². The van der Waals surface area contributed by atoms with Crippen LogP contribution in [-0.4, -0.2) is 21.8 Å². The number of hydrogen-bond acceptors (Lipinski definition) is 2. The van der Waals surface area contributed by atoms with Gasteiger partial charge in [-0.3, -0.25) is 0 Å². The average Bonchev–Trinajstić information content (AvgIpc) is 2.30. The Bertz CT molecular complexity index is 332. The van der Waals surface area contributed by atoms with Crippen molar-refractivity contribution in [3.63, 3.8) is 0 Å². The molecule has 0 aromatic heterocycles. The van der Waals surface area contributed by atoms with Crippen molar-refractivity contribution in [1.29, 1.82) is 0 Å². The zero-order chi connectivity index (χ0) is 11.4. The van der Waals surface area contributed by atoms with Crippen LogP contribution in [0.5, 0.6) is 5.75 Å². The molecule has 0 aliphatic carbocycles. The van der Waals surface area contributed by atoms with Crippen molar-refractivity contribution in [2.75, 3.05) is 6.61 Å². The fourth-order valence-electron chi connectivity index (χ4n) is 2.09. The van der Waals surface area contributed by atoms with E-state index in [2.05, 4.69) is 32.0 Å². The Hall–Kier alpha value is -0.803. The summed E-state index contributed by atoms with van der Waals surface area (Å²) in [6, 6.07) is 9.63. The van der Waals surface area contributed by atoms with Crippen LogP contribution in [0, 0.1) is 0 Å². The summed E-state index contributed by atoms with van der Waals surface area (Å²) in [5.74, 6) is 1.04. The van der Waals surface area contributed by atoms with E-state index in [0.717, 1.165) is 12.4 Å². The molecule has 1 aliphatic rings. The van der Waals surface area contributed by atoms with Gasteiger partial charge in [0.2, 0.25) is 9.04 Å². The molecule has 3 heteroatoms. The van der Waals surface area contributed by atoms with Crippen LogP contribution in [0.4, 0.5) is 0 Å². The molecule has 1 saturated heterocycles. The first-order chi connectivity index (χ1) is 7.77. The lowest BCUT2D eigenvalue weighted by atomic mass is 10.3. The van der Waals surface area contributed by atoms with Gasteiger partial charge in [-0.15, -0.1) is 0 Å². The van der Waals surface area contributed by atoms with Gasteiger partial charge in [0.1, 0.15) is 5.75 Å². The third kappa shape index (κ3) is 2.86. The maximum absolute atomic E-state index is 5.95. The van der Waals surface area contributed by atoms with Gasteiger partial charge in [-0.1, -0.05) is 24.6 Å². The van der Waals surface area contributed by atoms with Crippen LogP contribution in [0.15, 0.2) is 24.3 Å². The van der Waals surface area contributed by atoms with Gasteiger partial charge in [-0.2, -0.15) is 0 Å². The molecule has 0 radical (unpaired) electrons. The number of hydrogen-bond donors (Lipinski definition) is 0. The zero-order valence-electron chi connectivity index (χ0n) is 10.1. The molecule has 1 aliphatic heterocycles. The van der Waals surface area contributed by atoms with Crippen molar-refractivity contribution in [2.24, 2.45) is 0 Å². The fourth-order valence-corrected chi connectivity index (χ4v) is 4.67. The third-order valence-corrected chi connectivity index (χ3v) is 5.55. The van der Waals surface area contributed by atoms with Crippen LogP contribution in [0.25, 0.3) is 0 Å². The maximum Gasteiger partial charge on any atom is 0.211 e. The minimum Gasteiger partial charge on any atom is -0.491 e. The van der Waals surface area contributed by atoms with Crippen molar-refractivity contribution in [3.05, 3.63) is 24.3 Å². The van der Waals surface area contributed by atoms with E-state index in [1.165, 1.54) is 24.1 Å². The first kappa shape index (κ1) is 11.7. The lowest BCUT2D eigenvalue weighted by Crippen LogP contribution is -2.37. The minimum atomic E-state index is -1.21. The summed E-state index contributed by atoms with van der Waals surface area (Å²) < 4.78 is 11.8. The quantitative estimate of drug-likeness (QED) is 0.749. The van der Waals surface area contributed by atoms with Crippen molar-refractivity contribution < 1.29 is 9.16 Å². The zero-order valence-corrected chi connectivity index (χ0v) is 11.3. The largest absolute Gasteiger partial charge is 0.491 e. The molecule has 0 bridgehead atoms. The minimum absolute atomic E-state index is 0.235. The predicted molar refractivity (Wildman–Crippen MR) is 69.0 cm³/mol. The van der Waals surface area contributed by atoms with Crippen molar-refractivity contribution >= 4 is 14.2 Å². The van der Waals surface area contributed by atoms with Crippen LogP contribution < -0.4 is 9.92 Å². The summed E-state index contributed by atoms with van der Waals surface area (Å²) in [6.07, 6.45) is 2.77. The molecule has 16 heavy (non-hydrogen) atoms. The smallest absolute Gasteiger partial charge is 0.211 e. The van der Waals surface area contributed by atoms with Gasteiger partial charge in [0.05, 0.1) is 6.10 Å². The maximum atomic E-state index is 5.95. The number of para-hydroxylation sites is 1. The molecule has 88 valence electrons. The van der Waals surface area contributed by atoms with Gasteiger partial charge in [0.15, 0.2) is 0 Å². The Kier molecular flexibility index (Phi) is 4.02. The van der Waals surface area contributed by atoms with Gasteiger partial charge in [0, 0.05) is 11.8 Å². The SMILES string of the molecule is CC(C)Oc1ccccc1[SiH]1CCCCO1. The highest BCUT2D eigenvalue weighted by molar-refractivity contribution is 6.68. The molecule has 0 N–H and O–H groups in total. The highest BCUT2D eigenvalue weighted by Crippen LogP contribution is 2.17. The van der Waals surface area contributed by atoms with Crippen molar-refractivity contribution in [1.82, 2.24) is 0 Å².